The molecule has 0 amide bonds. The fourth-order valence-electron chi connectivity index (χ4n) is 2.42. The number of fused-ring (bicyclic) bond motifs is 1. The van der Waals surface area contributed by atoms with Crippen LogP contribution in [-0.2, 0) is 4.74 Å². The largest absolute Gasteiger partial charge is 0.490 e. The first-order valence-corrected chi connectivity index (χ1v) is 7.95. The molecule has 5 nitrogen and oxygen atoms in total. The highest BCUT2D eigenvalue weighted by atomic mass is 19.1. The molecule has 0 saturated heterocycles. The Labute approximate surface area is 144 Å². The van der Waals surface area contributed by atoms with Gasteiger partial charge in [0, 0.05) is 12.0 Å². The summed E-state index contributed by atoms with van der Waals surface area (Å²) in [6, 6.07) is 9.83. The number of carbonyl (C=O) groups excluding carboxylic acids is 2. The summed E-state index contributed by atoms with van der Waals surface area (Å²) < 4.78 is 29.2. The monoisotopic (exact) mass is 344 g/mol. The quantitative estimate of drug-likeness (QED) is 0.628. The lowest BCUT2D eigenvalue weighted by Crippen LogP contribution is -2.24. The van der Waals surface area contributed by atoms with E-state index in [1.165, 1.54) is 37.3 Å². The first-order valence-electron chi connectivity index (χ1n) is 7.95. The van der Waals surface area contributed by atoms with Gasteiger partial charge in [0.25, 0.3) is 0 Å². The second-order valence-electron chi connectivity index (χ2n) is 5.63. The summed E-state index contributed by atoms with van der Waals surface area (Å²) in [7, 11) is 0. The van der Waals surface area contributed by atoms with Crippen molar-refractivity contribution < 1.29 is 28.2 Å². The summed E-state index contributed by atoms with van der Waals surface area (Å²) in [5.41, 5.74) is 0.545. The highest BCUT2D eigenvalue weighted by Gasteiger charge is 2.22. The third-order valence-corrected chi connectivity index (χ3v) is 3.77. The molecule has 2 aromatic carbocycles. The zero-order valence-corrected chi connectivity index (χ0v) is 13.7. The summed E-state index contributed by atoms with van der Waals surface area (Å²) in [4.78, 5) is 24.5. The number of benzene rings is 2. The van der Waals surface area contributed by atoms with E-state index in [2.05, 4.69) is 0 Å². The number of Topliss-reactive ketones (excluding diaryl/α,β-unsaturated/α-hetero) is 1. The third kappa shape index (κ3) is 3.96. The van der Waals surface area contributed by atoms with Gasteiger partial charge >= 0.3 is 5.97 Å². The van der Waals surface area contributed by atoms with Gasteiger partial charge in [-0.15, -0.1) is 0 Å². The van der Waals surface area contributed by atoms with Crippen molar-refractivity contribution in [2.45, 2.75) is 19.4 Å². The molecular weight excluding hydrogens is 327 g/mol. The zero-order valence-electron chi connectivity index (χ0n) is 13.7. The molecule has 0 fully saturated rings. The number of hydrogen-bond donors (Lipinski definition) is 0. The van der Waals surface area contributed by atoms with Gasteiger partial charge in [0.15, 0.2) is 17.6 Å². The van der Waals surface area contributed by atoms with Gasteiger partial charge in [-0.05, 0) is 49.4 Å². The molecule has 3 rings (SSSR count). The van der Waals surface area contributed by atoms with Gasteiger partial charge in [-0.3, -0.25) is 4.79 Å². The molecule has 1 heterocycles. The van der Waals surface area contributed by atoms with Crippen LogP contribution in [0.3, 0.4) is 0 Å². The van der Waals surface area contributed by atoms with Gasteiger partial charge in [0.1, 0.15) is 5.82 Å². The molecule has 6 heteroatoms. The molecule has 0 radical (unpaired) electrons. The lowest BCUT2D eigenvalue weighted by molar-refractivity contribution is 0.0318. The molecule has 0 saturated carbocycles. The van der Waals surface area contributed by atoms with Crippen LogP contribution in [0.25, 0.3) is 0 Å². The molecule has 0 aliphatic carbocycles. The van der Waals surface area contributed by atoms with Crippen LogP contribution in [0.15, 0.2) is 42.5 Å². The van der Waals surface area contributed by atoms with E-state index in [1.807, 2.05) is 0 Å². The molecule has 0 aromatic heterocycles. The topological polar surface area (TPSA) is 61.8 Å². The minimum atomic E-state index is -0.992. The van der Waals surface area contributed by atoms with Crippen LogP contribution in [0.4, 0.5) is 4.39 Å². The van der Waals surface area contributed by atoms with Gasteiger partial charge in [-0.25, -0.2) is 9.18 Å². The van der Waals surface area contributed by atoms with Gasteiger partial charge in [0.2, 0.25) is 5.78 Å². The minimum absolute atomic E-state index is 0.267. The Morgan fingerprint density at radius 3 is 2.36 bits per heavy atom. The van der Waals surface area contributed by atoms with Gasteiger partial charge < -0.3 is 14.2 Å². The predicted molar refractivity (Wildman–Crippen MR) is 87.7 cm³/mol. The number of halogens is 1. The number of carbonyl (C=O) groups is 2. The van der Waals surface area contributed by atoms with Gasteiger partial charge in [0.05, 0.1) is 18.8 Å². The van der Waals surface area contributed by atoms with Crippen LogP contribution in [0.1, 0.15) is 34.1 Å². The molecular formula is C19H17FO5. The lowest BCUT2D eigenvalue weighted by atomic mass is 10.1. The summed E-state index contributed by atoms with van der Waals surface area (Å²) in [5.74, 6) is -0.427. The fraction of sp³-hybridized carbons (Fsp3) is 0.263. The normalized spacial score (nSPS) is 14.3. The van der Waals surface area contributed by atoms with Crippen molar-refractivity contribution in [3.63, 3.8) is 0 Å². The third-order valence-electron chi connectivity index (χ3n) is 3.77. The van der Waals surface area contributed by atoms with Crippen LogP contribution in [0, 0.1) is 5.82 Å². The Morgan fingerprint density at radius 1 is 1.00 bits per heavy atom. The van der Waals surface area contributed by atoms with Gasteiger partial charge in [-0.2, -0.15) is 0 Å². The summed E-state index contributed by atoms with van der Waals surface area (Å²) >= 11 is 0. The van der Waals surface area contributed by atoms with Crippen molar-refractivity contribution in [2.75, 3.05) is 13.2 Å². The van der Waals surface area contributed by atoms with Crippen molar-refractivity contribution in [2.24, 2.45) is 0 Å². The van der Waals surface area contributed by atoms with E-state index in [-0.39, 0.29) is 11.1 Å². The van der Waals surface area contributed by atoms with E-state index in [1.54, 1.807) is 12.1 Å². The van der Waals surface area contributed by atoms with Crippen molar-refractivity contribution in [3.05, 3.63) is 59.4 Å². The molecule has 1 atom stereocenters. The van der Waals surface area contributed by atoms with Crippen LogP contribution in [0.2, 0.25) is 0 Å². The molecule has 130 valence electrons. The molecule has 25 heavy (non-hydrogen) atoms. The summed E-state index contributed by atoms with van der Waals surface area (Å²) in [6.07, 6.45) is -0.230. The maximum Gasteiger partial charge on any atom is 0.338 e. The predicted octanol–water partition coefficient (Wildman–Crippen LogP) is 3.42. The van der Waals surface area contributed by atoms with E-state index < -0.39 is 23.7 Å². The molecule has 0 spiro atoms. The second kappa shape index (κ2) is 7.34. The number of esters is 1. The number of rotatable bonds is 4. The first-order chi connectivity index (χ1) is 12.0. The van der Waals surface area contributed by atoms with Crippen LogP contribution in [-0.4, -0.2) is 31.1 Å². The fourth-order valence-corrected chi connectivity index (χ4v) is 2.42. The molecule has 1 aliphatic heterocycles. The van der Waals surface area contributed by atoms with Crippen LogP contribution < -0.4 is 9.47 Å². The lowest BCUT2D eigenvalue weighted by Gasteiger charge is -2.13. The SMILES string of the molecule is C[C@H](OC(=O)c1ccc2c(c1)OCCCO2)C(=O)c1ccc(F)cc1. The molecule has 0 bridgehead atoms. The Morgan fingerprint density at radius 2 is 1.64 bits per heavy atom. The average Bonchev–Trinajstić information content (AvgIpc) is 2.86. The van der Waals surface area contributed by atoms with Gasteiger partial charge in [-0.1, -0.05) is 0 Å². The number of hydrogen-bond acceptors (Lipinski definition) is 5. The van der Waals surface area contributed by atoms with E-state index >= 15 is 0 Å². The van der Waals surface area contributed by atoms with Crippen molar-refractivity contribution >= 4 is 11.8 Å². The van der Waals surface area contributed by atoms with E-state index in [9.17, 15) is 14.0 Å². The van der Waals surface area contributed by atoms with Crippen molar-refractivity contribution in [3.8, 4) is 11.5 Å². The Hall–Kier alpha value is -2.89. The van der Waals surface area contributed by atoms with Crippen LogP contribution in [0.5, 0.6) is 11.5 Å². The van der Waals surface area contributed by atoms with Crippen molar-refractivity contribution in [1.29, 1.82) is 0 Å². The van der Waals surface area contributed by atoms with Crippen molar-refractivity contribution in [1.82, 2.24) is 0 Å². The Bertz CT molecular complexity index is 785. The smallest absolute Gasteiger partial charge is 0.338 e. The summed E-state index contributed by atoms with van der Waals surface area (Å²) in [6.45, 7) is 2.54. The molecule has 0 N–H and O–H groups in total. The second-order valence-corrected chi connectivity index (χ2v) is 5.63. The Balaban J connectivity index is 1.70. The standard InChI is InChI=1S/C19H17FO5/c1-12(18(21)13-3-6-15(20)7-4-13)25-19(22)14-5-8-16-17(11-14)24-10-2-9-23-16/h3-8,11-12H,2,9-10H2,1H3/t12-/m0/s1. The zero-order chi connectivity index (χ0) is 17.8. The maximum absolute atomic E-state index is 12.9. The minimum Gasteiger partial charge on any atom is -0.490 e. The molecule has 0 unspecified atom stereocenters. The summed E-state index contributed by atoms with van der Waals surface area (Å²) in [5, 5.41) is 0. The Kier molecular flexibility index (Phi) is 4.97. The van der Waals surface area contributed by atoms with E-state index in [0.29, 0.717) is 24.7 Å². The van der Waals surface area contributed by atoms with Crippen LogP contribution >= 0.6 is 0 Å². The average molecular weight is 344 g/mol. The first kappa shape index (κ1) is 17.0. The van der Waals surface area contributed by atoms with E-state index in [0.717, 1.165) is 6.42 Å². The highest BCUT2D eigenvalue weighted by molar-refractivity contribution is 6.01. The number of ketones is 1. The molecule has 2 aromatic rings. The van der Waals surface area contributed by atoms with E-state index in [4.69, 9.17) is 14.2 Å². The maximum atomic E-state index is 12.9. The number of ether oxygens (including phenoxy) is 3. The molecule has 1 aliphatic rings. The highest BCUT2D eigenvalue weighted by Crippen LogP contribution is 2.30.